The zero-order chi connectivity index (χ0) is 27.8. The fourth-order valence-electron chi connectivity index (χ4n) is 5.69. The molecule has 7 nitrogen and oxygen atoms in total. The molecule has 41 heavy (non-hydrogen) atoms. The van der Waals surface area contributed by atoms with E-state index in [0.717, 1.165) is 40.1 Å². The monoisotopic (exact) mass is 564 g/mol. The maximum atomic E-state index is 13.2. The van der Waals surface area contributed by atoms with E-state index in [1.165, 1.54) is 35.0 Å². The lowest BCUT2D eigenvalue weighted by atomic mass is 9.99. The van der Waals surface area contributed by atoms with Crippen LogP contribution in [0.25, 0.3) is 47.8 Å². The van der Waals surface area contributed by atoms with Crippen molar-refractivity contribution in [2.75, 3.05) is 57.4 Å². The van der Waals surface area contributed by atoms with Crippen LogP contribution >= 0.6 is 11.3 Å². The summed E-state index contributed by atoms with van der Waals surface area (Å²) in [5.41, 5.74) is 10.6. The first-order chi connectivity index (χ1) is 20.2. The smallest absolute Gasteiger partial charge is 0.200 e. The van der Waals surface area contributed by atoms with Gasteiger partial charge in [-0.3, -0.25) is 9.79 Å². The van der Waals surface area contributed by atoms with Gasteiger partial charge in [-0.25, -0.2) is 0 Å². The molecule has 2 saturated heterocycles. The van der Waals surface area contributed by atoms with Gasteiger partial charge in [-0.2, -0.15) is 0 Å². The molecule has 0 unspecified atom stereocenters. The quantitative estimate of drug-likeness (QED) is 0.254. The summed E-state index contributed by atoms with van der Waals surface area (Å²) < 4.78 is 14.3. The summed E-state index contributed by atoms with van der Waals surface area (Å²) in [7, 11) is 0. The minimum Gasteiger partial charge on any atom is -0.440 e. The van der Waals surface area contributed by atoms with Crippen molar-refractivity contribution in [1.82, 2.24) is 4.90 Å². The third-order valence-electron chi connectivity index (χ3n) is 8.09. The predicted octanol–water partition coefficient (Wildman–Crippen LogP) is 5.74. The Balaban J connectivity index is 1.29. The lowest BCUT2D eigenvalue weighted by Crippen LogP contribution is -2.38. The van der Waals surface area contributed by atoms with Crippen LogP contribution in [-0.4, -0.2) is 63.6 Å². The Morgan fingerprint density at radius 2 is 1.76 bits per heavy atom. The minimum atomic E-state index is -0.0320. The zero-order valence-corrected chi connectivity index (χ0v) is 23.7. The predicted molar refractivity (Wildman–Crippen MR) is 170 cm³/mol. The Morgan fingerprint density at radius 3 is 2.54 bits per heavy atom. The molecule has 0 saturated carbocycles. The summed E-state index contributed by atoms with van der Waals surface area (Å²) in [6, 6.07) is 20.3. The second-order valence-electron chi connectivity index (χ2n) is 10.6. The third-order valence-corrected chi connectivity index (χ3v) is 9.31. The fourth-order valence-corrected chi connectivity index (χ4v) is 6.90. The van der Waals surface area contributed by atoms with Gasteiger partial charge in [0.15, 0.2) is 11.3 Å². The van der Waals surface area contributed by atoms with Crippen molar-refractivity contribution in [3.8, 4) is 11.1 Å². The lowest BCUT2D eigenvalue weighted by Gasteiger charge is -2.29. The Bertz CT molecular complexity index is 1860. The normalized spacial score (nSPS) is 16.8. The summed E-state index contributed by atoms with van der Waals surface area (Å²) in [5, 5.41) is 2.93. The van der Waals surface area contributed by atoms with E-state index in [1.54, 1.807) is 23.6 Å². The minimum absolute atomic E-state index is 0.0320. The number of ether oxygens (including phenoxy) is 1. The molecule has 2 aromatic heterocycles. The van der Waals surface area contributed by atoms with Crippen LogP contribution < -0.4 is 16.1 Å². The average molecular weight is 565 g/mol. The van der Waals surface area contributed by atoms with E-state index >= 15 is 0 Å². The molecule has 4 heterocycles. The number of thiophene rings is 1. The van der Waals surface area contributed by atoms with Crippen LogP contribution in [0.5, 0.6) is 0 Å². The molecule has 3 aromatic carbocycles. The molecule has 0 amide bonds. The summed E-state index contributed by atoms with van der Waals surface area (Å²) in [6.45, 7) is 6.78. The molecule has 2 aliphatic rings. The maximum Gasteiger partial charge on any atom is 0.200 e. The van der Waals surface area contributed by atoms with Gasteiger partial charge in [0.1, 0.15) is 5.58 Å². The molecule has 0 radical (unpaired) electrons. The van der Waals surface area contributed by atoms with Gasteiger partial charge in [0.2, 0.25) is 0 Å². The van der Waals surface area contributed by atoms with Gasteiger partial charge < -0.3 is 24.7 Å². The van der Waals surface area contributed by atoms with Crippen molar-refractivity contribution >= 4 is 60.2 Å². The highest BCUT2D eigenvalue weighted by molar-refractivity contribution is 7.26. The van der Waals surface area contributed by atoms with Crippen LogP contribution in [0.15, 0.2) is 81.1 Å². The molecule has 0 bridgehead atoms. The number of para-hydroxylation sites is 1. The number of hydrogen-bond donors (Lipinski definition) is 1. The van der Waals surface area contributed by atoms with E-state index in [0.29, 0.717) is 43.2 Å². The number of anilines is 1. The molecule has 0 aliphatic carbocycles. The van der Waals surface area contributed by atoms with Crippen LogP contribution in [0.1, 0.15) is 12.0 Å². The van der Waals surface area contributed by atoms with E-state index in [4.69, 9.17) is 14.9 Å². The van der Waals surface area contributed by atoms with Gasteiger partial charge in [0.05, 0.1) is 25.1 Å². The van der Waals surface area contributed by atoms with Crippen LogP contribution in [0, 0.1) is 0 Å². The number of nitrogens with zero attached hydrogens (tertiary/aromatic N) is 3. The average Bonchev–Trinajstić information content (AvgIpc) is 3.36. The molecule has 0 atom stereocenters. The zero-order valence-electron chi connectivity index (χ0n) is 22.8. The van der Waals surface area contributed by atoms with Crippen molar-refractivity contribution in [2.45, 2.75) is 6.42 Å². The molecule has 0 spiro atoms. The molecular weight excluding hydrogens is 532 g/mol. The summed E-state index contributed by atoms with van der Waals surface area (Å²) >= 11 is 1.75. The van der Waals surface area contributed by atoms with Gasteiger partial charge in [0.25, 0.3) is 0 Å². The Morgan fingerprint density at radius 1 is 0.951 bits per heavy atom. The first kappa shape index (κ1) is 26.0. The van der Waals surface area contributed by atoms with Gasteiger partial charge >= 0.3 is 0 Å². The molecule has 2 aliphatic heterocycles. The highest BCUT2D eigenvalue weighted by Gasteiger charge is 2.19. The lowest BCUT2D eigenvalue weighted by molar-refractivity contribution is 0.121. The maximum absolute atomic E-state index is 13.2. The van der Waals surface area contributed by atoms with Crippen molar-refractivity contribution < 1.29 is 9.15 Å². The second kappa shape index (κ2) is 11.1. The number of hydrogen-bond acceptors (Lipinski definition) is 8. The molecular formula is C33H32N4O3S. The first-order valence-corrected chi connectivity index (χ1v) is 15.0. The van der Waals surface area contributed by atoms with Gasteiger partial charge in [-0.15, -0.1) is 11.3 Å². The van der Waals surface area contributed by atoms with Crippen LogP contribution in [0.3, 0.4) is 0 Å². The Labute approximate surface area is 242 Å². The van der Waals surface area contributed by atoms with Gasteiger partial charge in [-0.05, 0) is 43.3 Å². The van der Waals surface area contributed by atoms with E-state index in [-0.39, 0.29) is 5.43 Å². The number of allylic oxidation sites excluding steroid dienone is 1. The number of fused-ring (bicyclic) bond motifs is 4. The molecule has 7 rings (SSSR count). The molecule has 2 fully saturated rings. The first-order valence-electron chi connectivity index (χ1n) is 14.2. The largest absolute Gasteiger partial charge is 0.440 e. The van der Waals surface area contributed by atoms with Crippen LogP contribution in [0.4, 0.5) is 5.88 Å². The van der Waals surface area contributed by atoms with E-state index < -0.39 is 0 Å². The summed E-state index contributed by atoms with van der Waals surface area (Å²) in [4.78, 5) is 22.3. The number of benzene rings is 3. The topological polar surface area (TPSA) is 84.3 Å². The fraction of sp³-hybridized carbons (Fsp3) is 0.273. The van der Waals surface area contributed by atoms with Crippen LogP contribution in [0.2, 0.25) is 0 Å². The summed E-state index contributed by atoms with van der Waals surface area (Å²) in [5.74, 6) is 0.596. The van der Waals surface area contributed by atoms with Gasteiger partial charge in [-0.1, -0.05) is 36.4 Å². The summed E-state index contributed by atoms with van der Waals surface area (Å²) in [6.07, 6.45) is 4.82. The number of nitrogens with two attached hydrogens (primary N) is 1. The highest BCUT2D eigenvalue weighted by atomic mass is 32.1. The van der Waals surface area contributed by atoms with E-state index in [9.17, 15) is 4.79 Å². The highest BCUT2D eigenvalue weighted by Crippen LogP contribution is 2.42. The Hall–Kier alpha value is -3.98. The van der Waals surface area contributed by atoms with Crippen molar-refractivity contribution in [3.63, 3.8) is 0 Å². The van der Waals surface area contributed by atoms with E-state index in [1.807, 2.05) is 24.4 Å². The Kier molecular flexibility index (Phi) is 7.04. The van der Waals surface area contributed by atoms with E-state index in [2.05, 4.69) is 51.2 Å². The number of morpholine rings is 1. The molecule has 8 heteroatoms. The number of rotatable bonds is 7. The third kappa shape index (κ3) is 4.92. The van der Waals surface area contributed by atoms with Crippen LogP contribution in [-0.2, 0) is 4.74 Å². The molecule has 208 valence electrons. The SMILES string of the molecule is N/C=C(\C=NCCN1CCC1)c1ccc2sc3c(-c4cccc5c(=O)cc(N6CCOCC6)oc45)cccc3c2c1. The number of aliphatic imine (C=N–C) groups is 1. The van der Waals surface area contributed by atoms with Crippen molar-refractivity contribution in [2.24, 2.45) is 10.7 Å². The second-order valence-corrected chi connectivity index (χ2v) is 11.6. The van der Waals surface area contributed by atoms with Gasteiger partial charge in [0, 0.05) is 75.0 Å². The van der Waals surface area contributed by atoms with Crippen molar-refractivity contribution in [1.29, 1.82) is 0 Å². The van der Waals surface area contributed by atoms with Crippen molar-refractivity contribution in [3.05, 3.63) is 82.7 Å². The standard InChI is InChI=1S/C33H32N4O3S/c34-20-23(21-35-10-13-36-11-3-12-36)22-8-9-30-28(18-22)26-6-2-5-25(33(26)41-30)24-4-1-7-27-29(38)19-31(40-32(24)27)37-14-16-39-17-15-37/h1-2,4-9,18-21H,3,10-17,34H2/b23-20+,35-21?. The number of likely N-dealkylation sites (tertiary alicyclic amines) is 1. The molecule has 5 aromatic rings. The molecule has 2 N–H and O–H groups in total.